The summed E-state index contributed by atoms with van der Waals surface area (Å²) < 4.78 is 10.5. The molecular weight excluding hydrogens is 334 g/mol. The highest BCUT2D eigenvalue weighted by Gasteiger charge is 2.16. The highest BCUT2D eigenvalue weighted by Crippen LogP contribution is 2.24. The molecule has 0 radical (unpaired) electrons. The summed E-state index contributed by atoms with van der Waals surface area (Å²) in [5.74, 6) is 0.281. The number of carbonyl (C=O) groups is 1. The number of hydrogen-bond donors (Lipinski definition) is 1. The zero-order chi connectivity index (χ0) is 17.1. The molecule has 1 N–H and O–H groups in total. The Balaban J connectivity index is 2.24. The molecule has 0 amide bonds. The minimum atomic E-state index is -0.463. The van der Waals surface area contributed by atoms with Crippen molar-refractivity contribution < 1.29 is 13.9 Å². The predicted molar refractivity (Wildman–Crippen MR) is 95.5 cm³/mol. The Morgan fingerprint density at radius 2 is 2.04 bits per heavy atom. The number of furan rings is 1. The number of halogens is 1. The van der Waals surface area contributed by atoms with E-state index in [2.05, 4.69) is 5.32 Å². The standard InChI is InChI=1S/C17H18ClNO3S/c1-9(2)22-17(20)13-7-12(5-6-14(13)18)19-16(23)15-10(3)8-21-11(15)4/h5-9H,1-4H3,(H,19,23). The average molecular weight is 352 g/mol. The van der Waals surface area contributed by atoms with Gasteiger partial charge in [0, 0.05) is 5.69 Å². The van der Waals surface area contributed by atoms with E-state index in [9.17, 15) is 4.79 Å². The van der Waals surface area contributed by atoms with Crippen LogP contribution in [-0.4, -0.2) is 17.1 Å². The Morgan fingerprint density at radius 1 is 1.35 bits per heavy atom. The molecule has 122 valence electrons. The molecule has 2 aromatic rings. The summed E-state index contributed by atoms with van der Waals surface area (Å²) in [6.45, 7) is 7.34. The second kappa shape index (κ2) is 7.15. The summed E-state index contributed by atoms with van der Waals surface area (Å²) in [5.41, 5.74) is 2.76. The van der Waals surface area contributed by atoms with Crippen LogP contribution in [-0.2, 0) is 4.74 Å². The van der Waals surface area contributed by atoms with E-state index in [1.165, 1.54) is 0 Å². The number of esters is 1. The monoisotopic (exact) mass is 351 g/mol. The van der Waals surface area contributed by atoms with Crippen molar-refractivity contribution in [1.29, 1.82) is 0 Å². The van der Waals surface area contributed by atoms with Crippen LogP contribution in [0.1, 0.15) is 41.1 Å². The smallest absolute Gasteiger partial charge is 0.339 e. The Hall–Kier alpha value is -1.85. The predicted octanol–water partition coefficient (Wildman–Crippen LogP) is 4.90. The quantitative estimate of drug-likeness (QED) is 0.627. The van der Waals surface area contributed by atoms with Crippen molar-refractivity contribution in [2.24, 2.45) is 0 Å². The van der Waals surface area contributed by atoms with Gasteiger partial charge in [-0.05, 0) is 51.5 Å². The lowest BCUT2D eigenvalue weighted by molar-refractivity contribution is 0.0378. The molecule has 2 rings (SSSR count). The van der Waals surface area contributed by atoms with Gasteiger partial charge in [-0.2, -0.15) is 0 Å². The summed E-state index contributed by atoms with van der Waals surface area (Å²) in [6, 6.07) is 5.02. The lowest BCUT2D eigenvalue weighted by atomic mass is 10.1. The molecule has 1 aromatic heterocycles. The number of rotatable bonds is 4. The van der Waals surface area contributed by atoms with Gasteiger partial charge in [0.25, 0.3) is 0 Å². The number of benzene rings is 1. The zero-order valence-electron chi connectivity index (χ0n) is 13.4. The Labute approximate surface area is 145 Å². The van der Waals surface area contributed by atoms with Gasteiger partial charge in [0.05, 0.1) is 28.5 Å². The van der Waals surface area contributed by atoms with Gasteiger partial charge >= 0.3 is 5.97 Å². The molecule has 0 saturated carbocycles. The van der Waals surface area contributed by atoms with E-state index in [0.717, 1.165) is 16.9 Å². The molecule has 23 heavy (non-hydrogen) atoms. The van der Waals surface area contributed by atoms with Crippen molar-refractivity contribution in [3.8, 4) is 0 Å². The Bertz CT molecular complexity index is 733. The minimum Gasteiger partial charge on any atom is -0.469 e. The van der Waals surface area contributed by atoms with Gasteiger partial charge in [-0.3, -0.25) is 0 Å². The van der Waals surface area contributed by atoms with E-state index in [0.29, 0.717) is 21.3 Å². The minimum absolute atomic E-state index is 0.215. The van der Waals surface area contributed by atoms with E-state index in [4.69, 9.17) is 33.0 Å². The topological polar surface area (TPSA) is 51.5 Å². The second-order valence-electron chi connectivity index (χ2n) is 5.45. The van der Waals surface area contributed by atoms with E-state index < -0.39 is 5.97 Å². The van der Waals surface area contributed by atoms with Gasteiger partial charge in [-0.15, -0.1) is 0 Å². The van der Waals surface area contributed by atoms with Crippen molar-refractivity contribution in [3.05, 3.63) is 51.9 Å². The van der Waals surface area contributed by atoms with Gasteiger partial charge in [0.1, 0.15) is 10.7 Å². The fraction of sp³-hybridized carbons (Fsp3) is 0.294. The fourth-order valence-corrected chi connectivity index (χ4v) is 2.76. The SMILES string of the molecule is Cc1coc(C)c1C(=S)Nc1ccc(Cl)c(C(=O)OC(C)C)c1. The number of nitrogens with one attached hydrogen (secondary N) is 1. The normalized spacial score (nSPS) is 10.7. The number of ether oxygens (including phenoxy) is 1. The van der Waals surface area contributed by atoms with Crippen molar-refractivity contribution >= 4 is 40.5 Å². The van der Waals surface area contributed by atoms with Crippen molar-refractivity contribution in [2.45, 2.75) is 33.8 Å². The molecule has 0 unspecified atom stereocenters. The first-order chi connectivity index (χ1) is 10.8. The van der Waals surface area contributed by atoms with Crippen LogP contribution in [0.25, 0.3) is 0 Å². The molecule has 0 aliphatic rings. The van der Waals surface area contributed by atoms with E-state index in [1.807, 2.05) is 13.8 Å². The number of anilines is 1. The first-order valence-electron chi connectivity index (χ1n) is 7.16. The molecular formula is C17H18ClNO3S. The number of aryl methyl sites for hydroxylation is 2. The number of carbonyl (C=O) groups excluding carboxylic acids is 1. The number of hydrogen-bond acceptors (Lipinski definition) is 4. The third-order valence-corrected chi connectivity index (χ3v) is 3.81. The highest BCUT2D eigenvalue weighted by molar-refractivity contribution is 7.81. The highest BCUT2D eigenvalue weighted by atomic mass is 35.5. The summed E-state index contributed by atoms with van der Waals surface area (Å²) in [7, 11) is 0. The summed E-state index contributed by atoms with van der Waals surface area (Å²) in [5, 5.41) is 3.44. The van der Waals surface area contributed by atoms with Crippen molar-refractivity contribution in [3.63, 3.8) is 0 Å². The molecule has 6 heteroatoms. The Kier molecular flexibility index (Phi) is 5.44. The van der Waals surface area contributed by atoms with Gasteiger partial charge in [-0.1, -0.05) is 23.8 Å². The van der Waals surface area contributed by atoms with Crippen LogP contribution >= 0.6 is 23.8 Å². The van der Waals surface area contributed by atoms with Gasteiger partial charge in [0.15, 0.2) is 0 Å². The van der Waals surface area contributed by atoms with E-state index >= 15 is 0 Å². The van der Waals surface area contributed by atoms with Crippen LogP contribution in [0.4, 0.5) is 5.69 Å². The lowest BCUT2D eigenvalue weighted by Gasteiger charge is -2.12. The first kappa shape index (κ1) is 17.5. The molecule has 4 nitrogen and oxygen atoms in total. The first-order valence-corrected chi connectivity index (χ1v) is 7.94. The third kappa shape index (κ3) is 4.12. The summed E-state index contributed by atoms with van der Waals surface area (Å²) in [4.78, 5) is 12.6. The molecule has 0 atom stereocenters. The molecule has 1 aromatic carbocycles. The maximum absolute atomic E-state index is 12.1. The molecule has 0 bridgehead atoms. The number of thiocarbonyl (C=S) groups is 1. The molecule has 0 saturated heterocycles. The van der Waals surface area contributed by atoms with Crippen LogP contribution in [0.3, 0.4) is 0 Å². The maximum Gasteiger partial charge on any atom is 0.339 e. The summed E-state index contributed by atoms with van der Waals surface area (Å²) >= 11 is 11.5. The van der Waals surface area contributed by atoms with Gasteiger partial charge < -0.3 is 14.5 Å². The molecule has 0 spiro atoms. The largest absolute Gasteiger partial charge is 0.469 e. The van der Waals surface area contributed by atoms with Crippen molar-refractivity contribution in [1.82, 2.24) is 0 Å². The fourth-order valence-electron chi connectivity index (χ4n) is 2.14. The van der Waals surface area contributed by atoms with Crippen LogP contribution in [0.5, 0.6) is 0 Å². The van der Waals surface area contributed by atoms with E-state index in [1.54, 1.807) is 38.3 Å². The molecule has 0 aliphatic heterocycles. The molecule has 0 fully saturated rings. The maximum atomic E-state index is 12.1. The molecule has 1 heterocycles. The van der Waals surface area contributed by atoms with Gasteiger partial charge in [-0.25, -0.2) is 4.79 Å². The lowest BCUT2D eigenvalue weighted by Crippen LogP contribution is -2.14. The second-order valence-corrected chi connectivity index (χ2v) is 6.27. The zero-order valence-corrected chi connectivity index (χ0v) is 15.0. The van der Waals surface area contributed by atoms with Crippen LogP contribution in [0, 0.1) is 13.8 Å². The van der Waals surface area contributed by atoms with Crippen LogP contribution < -0.4 is 5.32 Å². The third-order valence-electron chi connectivity index (χ3n) is 3.17. The molecule has 0 aliphatic carbocycles. The van der Waals surface area contributed by atoms with E-state index in [-0.39, 0.29) is 6.10 Å². The van der Waals surface area contributed by atoms with Crippen LogP contribution in [0.15, 0.2) is 28.9 Å². The average Bonchev–Trinajstić information content (AvgIpc) is 2.79. The Morgan fingerprint density at radius 3 is 2.61 bits per heavy atom. The van der Waals surface area contributed by atoms with Gasteiger partial charge in [0.2, 0.25) is 0 Å². The van der Waals surface area contributed by atoms with Crippen LogP contribution in [0.2, 0.25) is 5.02 Å². The van der Waals surface area contributed by atoms with Crippen molar-refractivity contribution in [2.75, 3.05) is 5.32 Å². The summed E-state index contributed by atoms with van der Waals surface area (Å²) in [6.07, 6.45) is 1.44.